The van der Waals surface area contributed by atoms with Crippen LogP contribution in [-0.2, 0) is 9.53 Å². The van der Waals surface area contributed by atoms with E-state index in [1.165, 1.54) is 6.42 Å². The van der Waals surface area contributed by atoms with E-state index >= 15 is 0 Å². The van der Waals surface area contributed by atoms with E-state index in [2.05, 4.69) is 17.2 Å². The van der Waals surface area contributed by atoms with Gasteiger partial charge < -0.3 is 15.4 Å². The summed E-state index contributed by atoms with van der Waals surface area (Å²) in [5, 5.41) is 6.29. The smallest absolute Gasteiger partial charge is 0.220 e. The Hall–Kier alpha value is -0.580. The standard InChI is InChI=1S/C13H24N2O2.ClH/c1-2-9-17-10-3-4-13(16)15-8-6-12-5-7-14-11-12;/h2,12,14H,1,3-11H2,(H,15,16);1H. The van der Waals surface area contributed by atoms with Crippen molar-refractivity contribution in [2.24, 2.45) is 5.92 Å². The predicted octanol–water partition coefficient (Wildman–Crippen LogP) is 1.51. The molecule has 1 rings (SSSR count). The van der Waals surface area contributed by atoms with Crippen LogP contribution in [0.15, 0.2) is 12.7 Å². The summed E-state index contributed by atoms with van der Waals surface area (Å²) in [5.41, 5.74) is 0. The largest absolute Gasteiger partial charge is 0.377 e. The monoisotopic (exact) mass is 276 g/mol. The first-order chi connectivity index (χ1) is 8.33. The second-order valence-corrected chi connectivity index (χ2v) is 4.46. The fraction of sp³-hybridized carbons (Fsp3) is 0.769. The van der Waals surface area contributed by atoms with Crippen LogP contribution >= 0.6 is 12.4 Å². The normalized spacial score (nSPS) is 18.1. The van der Waals surface area contributed by atoms with Crippen LogP contribution in [-0.4, -0.2) is 38.8 Å². The molecular formula is C13H25ClN2O2. The van der Waals surface area contributed by atoms with E-state index in [0.29, 0.717) is 19.6 Å². The first-order valence-corrected chi connectivity index (χ1v) is 6.49. The number of nitrogens with one attached hydrogen (secondary N) is 2. The van der Waals surface area contributed by atoms with E-state index in [-0.39, 0.29) is 18.3 Å². The second kappa shape index (κ2) is 11.5. The van der Waals surface area contributed by atoms with Gasteiger partial charge in [-0.15, -0.1) is 19.0 Å². The van der Waals surface area contributed by atoms with Gasteiger partial charge in [0.1, 0.15) is 0 Å². The number of ether oxygens (including phenoxy) is 1. The summed E-state index contributed by atoms with van der Waals surface area (Å²) in [7, 11) is 0. The Balaban J connectivity index is 0.00000289. The quantitative estimate of drug-likeness (QED) is 0.496. The van der Waals surface area contributed by atoms with Gasteiger partial charge >= 0.3 is 0 Å². The molecule has 1 saturated heterocycles. The summed E-state index contributed by atoms with van der Waals surface area (Å²) < 4.78 is 5.21. The van der Waals surface area contributed by atoms with Gasteiger partial charge in [0.25, 0.3) is 0 Å². The van der Waals surface area contributed by atoms with Gasteiger partial charge in [0.2, 0.25) is 5.91 Å². The fourth-order valence-electron chi connectivity index (χ4n) is 1.97. The van der Waals surface area contributed by atoms with E-state index in [9.17, 15) is 4.79 Å². The van der Waals surface area contributed by atoms with Crippen molar-refractivity contribution in [2.75, 3.05) is 32.8 Å². The maximum atomic E-state index is 11.4. The molecule has 106 valence electrons. The van der Waals surface area contributed by atoms with Gasteiger partial charge in [0.15, 0.2) is 0 Å². The summed E-state index contributed by atoms with van der Waals surface area (Å²) in [6.07, 6.45) is 5.39. The van der Waals surface area contributed by atoms with Crippen LogP contribution in [0.3, 0.4) is 0 Å². The number of halogens is 1. The summed E-state index contributed by atoms with van der Waals surface area (Å²) in [6.45, 7) is 7.79. The van der Waals surface area contributed by atoms with E-state index in [1.54, 1.807) is 6.08 Å². The predicted molar refractivity (Wildman–Crippen MR) is 76.1 cm³/mol. The Morgan fingerprint density at radius 1 is 1.56 bits per heavy atom. The summed E-state index contributed by atoms with van der Waals surface area (Å²) in [4.78, 5) is 11.4. The maximum Gasteiger partial charge on any atom is 0.220 e. The highest BCUT2D eigenvalue weighted by Crippen LogP contribution is 2.10. The molecule has 2 N–H and O–H groups in total. The summed E-state index contributed by atoms with van der Waals surface area (Å²) in [5.74, 6) is 0.879. The Morgan fingerprint density at radius 3 is 3.06 bits per heavy atom. The van der Waals surface area contributed by atoms with Gasteiger partial charge in [-0.25, -0.2) is 0 Å². The van der Waals surface area contributed by atoms with Gasteiger partial charge in [0.05, 0.1) is 6.61 Å². The van der Waals surface area contributed by atoms with Crippen molar-refractivity contribution in [3.8, 4) is 0 Å². The number of hydrogen-bond acceptors (Lipinski definition) is 3. The van der Waals surface area contributed by atoms with E-state index in [1.807, 2.05) is 0 Å². The van der Waals surface area contributed by atoms with E-state index in [4.69, 9.17) is 4.74 Å². The molecule has 0 aromatic carbocycles. The third kappa shape index (κ3) is 8.50. The molecule has 1 atom stereocenters. The van der Waals surface area contributed by atoms with Gasteiger partial charge in [-0.05, 0) is 38.3 Å². The van der Waals surface area contributed by atoms with Crippen molar-refractivity contribution in [1.82, 2.24) is 10.6 Å². The van der Waals surface area contributed by atoms with Crippen LogP contribution in [0.5, 0.6) is 0 Å². The molecule has 0 bridgehead atoms. The minimum atomic E-state index is 0. The first kappa shape index (κ1) is 17.4. The van der Waals surface area contributed by atoms with Crippen molar-refractivity contribution in [2.45, 2.75) is 25.7 Å². The third-order valence-corrected chi connectivity index (χ3v) is 2.97. The van der Waals surface area contributed by atoms with E-state index < -0.39 is 0 Å². The molecule has 0 spiro atoms. The molecule has 0 aromatic heterocycles. The summed E-state index contributed by atoms with van der Waals surface area (Å²) in [6, 6.07) is 0. The molecule has 0 aromatic rings. The maximum absolute atomic E-state index is 11.4. The van der Waals surface area contributed by atoms with Crippen LogP contribution in [0.4, 0.5) is 0 Å². The first-order valence-electron chi connectivity index (χ1n) is 6.49. The molecular weight excluding hydrogens is 252 g/mol. The van der Waals surface area contributed by atoms with Crippen molar-refractivity contribution >= 4 is 18.3 Å². The molecule has 1 heterocycles. The highest BCUT2D eigenvalue weighted by atomic mass is 35.5. The van der Waals surface area contributed by atoms with Crippen molar-refractivity contribution in [3.63, 3.8) is 0 Å². The lowest BCUT2D eigenvalue weighted by Crippen LogP contribution is -2.26. The van der Waals surface area contributed by atoms with Crippen molar-refractivity contribution in [1.29, 1.82) is 0 Å². The second-order valence-electron chi connectivity index (χ2n) is 4.46. The lowest BCUT2D eigenvalue weighted by atomic mass is 10.1. The minimum absolute atomic E-state index is 0. The zero-order valence-electron chi connectivity index (χ0n) is 11.0. The van der Waals surface area contributed by atoms with Crippen molar-refractivity contribution in [3.05, 3.63) is 12.7 Å². The van der Waals surface area contributed by atoms with Gasteiger partial charge in [-0.1, -0.05) is 6.08 Å². The number of hydrogen-bond donors (Lipinski definition) is 2. The molecule has 5 heteroatoms. The van der Waals surface area contributed by atoms with Crippen LogP contribution in [0.2, 0.25) is 0 Å². The Kier molecular flexibility index (Phi) is 11.1. The number of carbonyl (C=O) groups excluding carboxylic acids is 1. The van der Waals surface area contributed by atoms with Gasteiger partial charge in [0, 0.05) is 19.6 Å². The average Bonchev–Trinajstić information content (AvgIpc) is 2.82. The zero-order valence-corrected chi connectivity index (χ0v) is 11.8. The fourth-order valence-corrected chi connectivity index (χ4v) is 1.97. The number of amides is 1. The molecule has 0 radical (unpaired) electrons. The molecule has 0 saturated carbocycles. The SMILES string of the molecule is C=CCOCCCC(=O)NCCC1CCNC1.Cl. The van der Waals surface area contributed by atoms with E-state index in [0.717, 1.165) is 38.4 Å². The Morgan fingerprint density at radius 2 is 2.39 bits per heavy atom. The molecule has 4 nitrogen and oxygen atoms in total. The number of carbonyl (C=O) groups is 1. The zero-order chi connectivity index (χ0) is 12.3. The van der Waals surface area contributed by atoms with Gasteiger partial charge in [-0.3, -0.25) is 4.79 Å². The molecule has 0 aliphatic carbocycles. The topological polar surface area (TPSA) is 50.4 Å². The molecule has 1 aliphatic rings. The van der Waals surface area contributed by atoms with Crippen LogP contribution in [0.1, 0.15) is 25.7 Å². The number of rotatable bonds is 9. The van der Waals surface area contributed by atoms with Crippen LogP contribution in [0.25, 0.3) is 0 Å². The lowest BCUT2D eigenvalue weighted by Gasteiger charge is -2.09. The highest BCUT2D eigenvalue weighted by Gasteiger charge is 2.13. The van der Waals surface area contributed by atoms with Gasteiger partial charge in [-0.2, -0.15) is 0 Å². The molecule has 18 heavy (non-hydrogen) atoms. The minimum Gasteiger partial charge on any atom is -0.377 e. The highest BCUT2D eigenvalue weighted by molar-refractivity contribution is 5.85. The van der Waals surface area contributed by atoms with Crippen molar-refractivity contribution < 1.29 is 9.53 Å². The van der Waals surface area contributed by atoms with Crippen LogP contribution < -0.4 is 10.6 Å². The summed E-state index contributed by atoms with van der Waals surface area (Å²) >= 11 is 0. The Labute approximate surface area is 116 Å². The molecule has 1 amide bonds. The average molecular weight is 277 g/mol. The molecule has 1 aliphatic heterocycles. The Bertz CT molecular complexity index is 231. The van der Waals surface area contributed by atoms with Crippen LogP contribution in [0, 0.1) is 5.92 Å². The molecule has 1 unspecified atom stereocenters. The third-order valence-electron chi connectivity index (χ3n) is 2.97. The molecule has 1 fully saturated rings. The lowest BCUT2D eigenvalue weighted by molar-refractivity contribution is -0.121.